The van der Waals surface area contributed by atoms with Crippen molar-refractivity contribution in [1.29, 1.82) is 0 Å². The Morgan fingerprint density at radius 2 is 1.93 bits per heavy atom. The molecule has 1 amide bonds. The second-order valence-corrected chi connectivity index (χ2v) is 6.92. The zero-order chi connectivity index (χ0) is 20.4. The molecule has 2 heterocycles. The zero-order valence-electron chi connectivity index (χ0n) is 15.4. The topological polar surface area (TPSA) is 89.0 Å². The third-order valence-electron chi connectivity index (χ3n) is 4.38. The Morgan fingerprint density at radius 1 is 1.17 bits per heavy atom. The average molecular weight is 414 g/mol. The minimum absolute atomic E-state index is 0.208. The van der Waals surface area contributed by atoms with Crippen LogP contribution in [0.3, 0.4) is 0 Å². The smallest absolute Gasteiger partial charge is 0.255 e. The first kappa shape index (κ1) is 19.1. The number of hydrogen-bond donors (Lipinski definition) is 2. The Labute approximate surface area is 171 Å². The third kappa shape index (κ3) is 4.27. The van der Waals surface area contributed by atoms with E-state index in [0.717, 1.165) is 25.2 Å². The molecule has 1 saturated carbocycles. The number of ether oxygens (including phenoxy) is 1. The molecule has 7 nitrogen and oxygen atoms in total. The van der Waals surface area contributed by atoms with E-state index in [4.69, 9.17) is 16.3 Å². The van der Waals surface area contributed by atoms with E-state index in [2.05, 4.69) is 25.6 Å². The lowest BCUT2D eigenvalue weighted by atomic mass is 10.1. The van der Waals surface area contributed by atoms with Crippen LogP contribution in [0.2, 0.25) is 5.15 Å². The first-order valence-electron chi connectivity index (χ1n) is 8.93. The van der Waals surface area contributed by atoms with Gasteiger partial charge in [-0.15, -0.1) is 0 Å². The van der Waals surface area contributed by atoms with E-state index in [1.807, 2.05) is 0 Å². The summed E-state index contributed by atoms with van der Waals surface area (Å²) < 4.78 is 18.7. The van der Waals surface area contributed by atoms with Gasteiger partial charge in [-0.3, -0.25) is 4.79 Å². The maximum atomic E-state index is 13.2. The Morgan fingerprint density at radius 3 is 2.62 bits per heavy atom. The summed E-state index contributed by atoms with van der Waals surface area (Å²) in [6, 6.07) is 7.10. The van der Waals surface area contributed by atoms with E-state index in [1.165, 1.54) is 13.3 Å². The van der Waals surface area contributed by atoms with Crippen LogP contribution in [-0.2, 0) is 0 Å². The number of hydrogen-bond acceptors (Lipinski definition) is 6. The fourth-order valence-corrected chi connectivity index (χ4v) is 2.99. The fraction of sp³-hybridized carbons (Fsp3) is 0.200. The Kier molecular flexibility index (Phi) is 5.26. The maximum Gasteiger partial charge on any atom is 0.255 e. The summed E-state index contributed by atoms with van der Waals surface area (Å²) in [6.45, 7) is 0. The van der Waals surface area contributed by atoms with Crippen molar-refractivity contribution in [2.75, 3.05) is 12.4 Å². The number of nitrogens with zero attached hydrogens (tertiary/aromatic N) is 3. The van der Waals surface area contributed by atoms with Gasteiger partial charge in [0.2, 0.25) is 0 Å². The van der Waals surface area contributed by atoms with Gasteiger partial charge in [0, 0.05) is 12.2 Å². The van der Waals surface area contributed by atoms with Crippen molar-refractivity contribution in [3.8, 4) is 17.1 Å². The van der Waals surface area contributed by atoms with Crippen molar-refractivity contribution in [3.05, 3.63) is 59.4 Å². The van der Waals surface area contributed by atoms with E-state index in [9.17, 15) is 9.18 Å². The van der Waals surface area contributed by atoms with Crippen LogP contribution in [0.1, 0.15) is 23.2 Å². The largest absolute Gasteiger partial charge is 0.494 e. The number of para-hydroxylation sites is 1. The summed E-state index contributed by atoms with van der Waals surface area (Å²) >= 11 is 6.05. The van der Waals surface area contributed by atoms with Crippen molar-refractivity contribution in [3.63, 3.8) is 0 Å². The molecule has 0 aliphatic heterocycles. The molecule has 0 atom stereocenters. The number of aromatic nitrogens is 3. The Balaban J connectivity index is 1.71. The van der Waals surface area contributed by atoms with E-state index in [1.54, 1.807) is 24.3 Å². The molecule has 1 aliphatic carbocycles. The summed E-state index contributed by atoms with van der Waals surface area (Å²) in [6.07, 6.45) is 5.56. The molecule has 9 heteroatoms. The summed E-state index contributed by atoms with van der Waals surface area (Å²) in [4.78, 5) is 24.6. The van der Waals surface area contributed by atoms with Crippen molar-refractivity contribution in [2.24, 2.45) is 0 Å². The number of amides is 1. The van der Waals surface area contributed by atoms with Crippen molar-refractivity contribution in [2.45, 2.75) is 18.9 Å². The normalized spacial score (nSPS) is 13.1. The minimum atomic E-state index is -0.528. The highest BCUT2D eigenvalue weighted by Gasteiger charge is 2.25. The first-order valence-corrected chi connectivity index (χ1v) is 9.31. The molecule has 29 heavy (non-hydrogen) atoms. The molecular weight excluding hydrogens is 397 g/mol. The number of rotatable bonds is 6. The second-order valence-electron chi connectivity index (χ2n) is 6.54. The van der Waals surface area contributed by atoms with Crippen LogP contribution in [0.25, 0.3) is 11.4 Å². The number of pyridine rings is 1. The number of halogens is 2. The predicted octanol–water partition coefficient (Wildman–Crippen LogP) is 3.98. The molecule has 0 spiro atoms. The van der Waals surface area contributed by atoms with Crippen molar-refractivity contribution in [1.82, 2.24) is 20.3 Å². The van der Waals surface area contributed by atoms with Crippen LogP contribution in [0.15, 0.2) is 42.9 Å². The Bertz CT molecular complexity index is 1060. The van der Waals surface area contributed by atoms with Crippen LogP contribution in [-0.4, -0.2) is 34.0 Å². The first-order chi connectivity index (χ1) is 14.0. The van der Waals surface area contributed by atoms with Crippen molar-refractivity contribution < 1.29 is 13.9 Å². The summed E-state index contributed by atoms with van der Waals surface area (Å²) in [5, 5.41) is 6.37. The van der Waals surface area contributed by atoms with Crippen LogP contribution in [0, 0.1) is 5.82 Å². The van der Waals surface area contributed by atoms with Gasteiger partial charge >= 0.3 is 0 Å². The molecule has 0 radical (unpaired) electrons. The van der Waals surface area contributed by atoms with Crippen molar-refractivity contribution >= 4 is 28.9 Å². The molecule has 4 rings (SSSR count). The van der Waals surface area contributed by atoms with E-state index >= 15 is 0 Å². The quantitative estimate of drug-likeness (QED) is 0.594. The van der Waals surface area contributed by atoms with Gasteiger partial charge in [0.15, 0.2) is 17.4 Å². The van der Waals surface area contributed by atoms with E-state index in [-0.39, 0.29) is 17.1 Å². The molecule has 2 N–H and O–H groups in total. The minimum Gasteiger partial charge on any atom is -0.494 e. The van der Waals surface area contributed by atoms with Gasteiger partial charge < -0.3 is 15.4 Å². The van der Waals surface area contributed by atoms with Gasteiger partial charge in [0.05, 0.1) is 42.0 Å². The van der Waals surface area contributed by atoms with Crippen LogP contribution >= 0.6 is 11.6 Å². The Hall–Kier alpha value is -3.26. The molecule has 1 aliphatic rings. The average Bonchev–Trinajstić information content (AvgIpc) is 3.52. The van der Waals surface area contributed by atoms with Crippen LogP contribution in [0.4, 0.5) is 15.8 Å². The SMILES string of the molecule is COc1c(Nc2cc(Cl)ncc2C(=O)NC2CC2)cccc1-c1ncc(F)cn1. The molecule has 0 saturated heterocycles. The fourth-order valence-electron chi connectivity index (χ4n) is 2.83. The molecule has 2 aromatic heterocycles. The van der Waals surface area contributed by atoms with Gasteiger partial charge in [0.25, 0.3) is 5.91 Å². The lowest BCUT2D eigenvalue weighted by Gasteiger charge is -2.16. The number of carbonyl (C=O) groups is 1. The third-order valence-corrected chi connectivity index (χ3v) is 4.58. The number of benzene rings is 1. The zero-order valence-corrected chi connectivity index (χ0v) is 16.2. The predicted molar refractivity (Wildman–Crippen MR) is 107 cm³/mol. The molecule has 148 valence electrons. The number of nitrogens with one attached hydrogen (secondary N) is 2. The van der Waals surface area contributed by atoms with Gasteiger partial charge in [0.1, 0.15) is 5.15 Å². The molecule has 1 aromatic carbocycles. The van der Waals surface area contributed by atoms with Gasteiger partial charge in [-0.2, -0.15) is 0 Å². The number of carbonyl (C=O) groups excluding carboxylic acids is 1. The highest BCUT2D eigenvalue weighted by molar-refractivity contribution is 6.29. The van der Waals surface area contributed by atoms with Gasteiger partial charge in [-0.1, -0.05) is 17.7 Å². The summed E-state index contributed by atoms with van der Waals surface area (Å²) in [5.74, 6) is 0.00264. The van der Waals surface area contributed by atoms with Gasteiger partial charge in [-0.05, 0) is 31.0 Å². The maximum absolute atomic E-state index is 13.2. The van der Waals surface area contributed by atoms with E-state index in [0.29, 0.717) is 34.1 Å². The molecule has 3 aromatic rings. The highest BCUT2D eigenvalue weighted by Crippen LogP contribution is 2.37. The molecular formula is C20H17ClFN5O2. The number of methoxy groups -OCH3 is 1. The van der Waals surface area contributed by atoms with Crippen LogP contribution in [0.5, 0.6) is 5.75 Å². The summed E-state index contributed by atoms with van der Waals surface area (Å²) in [5.41, 5.74) is 1.99. The molecule has 0 bridgehead atoms. The monoisotopic (exact) mass is 413 g/mol. The summed E-state index contributed by atoms with van der Waals surface area (Å²) in [7, 11) is 1.51. The lowest BCUT2D eigenvalue weighted by molar-refractivity contribution is 0.0951. The highest BCUT2D eigenvalue weighted by atomic mass is 35.5. The standard InChI is InChI=1S/C20H17ClFN5O2/c1-29-18-13(19-24-8-11(22)9-25-19)3-2-4-15(18)27-16-7-17(21)23-10-14(16)20(28)26-12-5-6-12/h2-4,7-10,12H,5-6H2,1H3,(H,23,27)(H,26,28). The molecule has 1 fully saturated rings. The van der Waals surface area contributed by atoms with Crippen LogP contribution < -0.4 is 15.4 Å². The number of anilines is 2. The molecule has 0 unspecified atom stereocenters. The lowest BCUT2D eigenvalue weighted by Crippen LogP contribution is -2.26. The van der Waals surface area contributed by atoms with Gasteiger partial charge in [-0.25, -0.2) is 19.3 Å². The second kappa shape index (κ2) is 8.00. The van der Waals surface area contributed by atoms with E-state index < -0.39 is 5.82 Å².